The second-order valence-corrected chi connectivity index (χ2v) is 6.26. The van der Waals surface area contributed by atoms with Gasteiger partial charge in [0.1, 0.15) is 9.88 Å². The summed E-state index contributed by atoms with van der Waals surface area (Å²) in [6, 6.07) is 3.70. The molecule has 0 aliphatic rings. The first-order valence-corrected chi connectivity index (χ1v) is 7.79. The molecule has 2 N–H and O–H groups in total. The van der Waals surface area contributed by atoms with Gasteiger partial charge in [-0.2, -0.15) is 0 Å². The second kappa shape index (κ2) is 6.75. The molecule has 0 aliphatic heterocycles. The number of nitro benzene ring substituents is 1. The van der Waals surface area contributed by atoms with Gasteiger partial charge in [0.05, 0.1) is 16.7 Å². The highest BCUT2D eigenvalue weighted by Crippen LogP contribution is 2.24. The van der Waals surface area contributed by atoms with Gasteiger partial charge in [-0.3, -0.25) is 14.9 Å². The molecular weight excluding hydrogens is 334 g/mol. The summed E-state index contributed by atoms with van der Waals surface area (Å²) < 4.78 is 0. The molecule has 0 radical (unpaired) electrons. The van der Waals surface area contributed by atoms with Crippen molar-refractivity contribution in [3.63, 3.8) is 0 Å². The van der Waals surface area contributed by atoms with Crippen LogP contribution in [0.4, 0.5) is 5.69 Å². The Bertz CT molecular complexity index is 831. The highest BCUT2D eigenvalue weighted by Gasteiger charge is 2.21. The molecule has 1 unspecified atom stereocenters. The number of nitrogens with zero attached hydrogens (tertiary/aromatic N) is 2. The molecule has 8 nitrogen and oxygen atoms in total. The van der Waals surface area contributed by atoms with E-state index in [1.54, 1.807) is 20.8 Å². The van der Waals surface area contributed by atoms with Crippen LogP contribution >= 0.6 is 11.3 Å². The lowest BCUT2D eigenvalue weighted by Crippen LogP contribution is -2.26. The number of nitrogens with one attached hydrogen (secondary N) is 1. The fraction of sp³-hybridized carbons (Fsp3) is 0.267. The van der Waals surface area contributed by atoms with Gasteiger partial charge in [0.15, 0.2) is 0 Å². The van der Waals surface area contributed by atoms with Gasteiger partial charge in [0.25, 0.3) is 11.6 Å². The number of aryl methyl sites for hydroxylation is 2. The first kappa shape index (κ1) is 17.5. The number of carbonyl (C=O) groups excluding carboxylic acids is 1. The van der Waals surface area contributed by atoms with Crippen LogP contribution in [0.1, 0.15) is 49.3 Å². The van der Waals surface area contributed by atoms with Crippen LogP contribution in [0.5, 0.6) is 0 Å². The lowest BCUT2D eigenvalue weighted by atomic mass is 10.1. The molecule has 1 atom stereocenters. The maximum Gasteiger partial charge on any atom is 0.347 e. The molecule has 1 heterocycles. The zero-order chi connectivity index (χ0) is 18.0. The summed E-state index contributed by atoms with van der Waals surface area (Å²) in [6.45, 7) is 4.85. The maximum atomic E-state index is 12.3. The second-order valence-electron chi connectivity index (χ2n) is 5.23. The number of rotatable bonds is 5. The van der Waals surface area contributed by atoms with Crippen molar-refractivity contribution in [2.24, 2.45) is 0 Å². The number of hydrogen-bond acceptors (Lipinski definition) is 6. The first-order valence-electron chi connectivity index (χ1n) is 6.97. The van der Waals surface area contributed by atoms with Gasteiger partial charge in [-0.05, 0) is 26.8 Å². The Labute approximate surface area is 141 Å². The van der Waals surface area contributed by atoms with Crippen molar-refractivity contribution in [1.29, 1.82) is 0 Å². The third kappa shape index (κ3) is 3.57. The fourth-order valence-electron chi connectivity index (χ4n) is 2.09. The predicted octanol–water partition coefficient (Wildman–Crippen LogP) is 2.86. The standard InChI is InChI=1S/C15H15N3O5S/c1-7-4-5-10(6-11(7)18(22)23)13(19)16-9(3)14-17-8(2)12(24-14)15(20)21/h4-6,9H,1-3H3,(H,16,19)(H,20,21). The smallest absolute Gasteiger partial charge is 0.347 e. The van der Waals surface area contributed by atoms with E-state index in [0.29, 0.717) is 16.3 Å². The van der Waals surface area contributed by atoms with Crippen LogP contribution in [0.15, 0.2) is 18.2 Å². The van der Waals surface area contributed by atoms with E-state index in [1.807, 2.05) is 0 Å². The Balaban J connectivity index is 2.20. The average molecular weight is 349 g/mol. The van der Waals surface area contributed by atoms with Gasteiger partial charge >= 0.3 is 5.97 Å². The third-order valence-electron chi connectivity index (χ3n) is 3.39. The van der Waals surface area contributed by atoms with Crippen LogP contribution in [0.3, 0.4) is 0 Å². The molecule has 1 amide bonds. The van der Waals surface area contributed by atoms with E-state index in [-0.39, 0.29) is 16.1 Å². The minimum Gasteiger partial charge on any atom is -0.477 e. The van der Waals surface area contributed by atoms with Gasteiger partial charge < -0.3 is 10.4 Å². The predicted molar refractivity (Wildman–Crippen MR) is 87.5 cm³/mol. The van der Waals surface area contributed by atoms with Crippen molar-refractivity contribution in [1.82, 2.24) is 10.3 Å². The molecule has 2 rings (SSSR count). The summed E-state index contributed by atoms with van der Waals surface area (Å²) in [7, 11) is 0. The van der Waals surface area contributed by atoms with Crippen LogP contribution in [-0.4, -0.2) is 26.9 Å². The fourth-order valence-corrected chi connectivity index (χ4v) is 3.00. The number of carboxylic acids is 1. The molecule has 0 fully saturated rings. The minimum absolute atomic E-state index is 0.122. The van der Waals surface area contributed by atoms with Gasteiger partial charge in [0.2, 0.25) is 0 Å². The largest absolute Gasteiger partial charge is 0.477 e. The van der Waals surface area contributed by atoms with Gasteiger partial charge in [-0.25, -0.2) is 9.78 Å². The van der Waals surface area contributed by atoms with Crippen LogP contribution in [-0.2, 0) is 0 Å². The summed E-state index contributed by atoms with van der Waals surface area (Å²) in [5.41, 5.74) is 0.875. The number of benzene rings is 1. The molecule has 126 valence electrons. The van der Waals surface area contributed by atoms with Crippen molar-refractivity contribution in [2.75, 3.05) is 0 Å². The summed E-state index contributed by atoms with van der Waals surface area (Å²) in [6.07, 6.45) is 0. The molecule has 24 heavy (non-hydrogen) atoms. The number of thiazole rings is 1. The number of aromatic carboxylic acids is 1. The van der Waals surface area contributed by atoms with Crippen LogP contribution < -0.4 is 5.32 Å². The number of carbonyl (C=O) groups is 2. The lowest BCUT2D eigenvalue weighted by molar-refractivity contribution is -0.385. The van der Waals surface area contributed by atoms with E-state index in [1.165, 1.54) is 18.2 Å². The lowest BCUT2D eigenvalue weighted by Gasteiger charge is -2.11. The summed E-state index contributed by atoms with van der Waals surface area (Å²) in [5.74, 6) is -1.56. The Kier molecular flexibility index (Phi) is 4.93. The van der Waals surface area contributed by atoms with E-state index < -0.39 is 22.8 Å². The first-order chi connectivity index (χ1) is 11.2. The van der Waals surface area contributed by atoms with E-state index in [0.717, 1.165) is 11.3 Å². The van der Waals surface area contributed by atoms with Gasteiger partial charge in [-0.15, -0.1) is 11.3 Å². The highest BCUT2D eigenvalue weighted by molar-refractivity contribution is 7.13. The molecular formula is C15H15N3O5S. The zero-order valence-electron chi connectivity index (χ0n) is 13.2. The van der Waals surface area contributed by atoms with Crippen LogP contribution in [0.2, 0.25) is 0 Å². The normalized spacial score (nSPS) is 11.8. The van der Waals surface area contributed by atoms with Crippen molar-refractivity contribution in [3.8, 4) is 0 Å². The molecule has 0 bridgehead atoms. The van der Waals surface area contributed by atoms with Crippen molar-refractivity contribution < 1.29 is 19.6 Å². The number of amides is 1. The topological polar surface area (TPSA) is 122 Å². The Hall–Kier alpha value is -2.81. The third-order valence-corrected chi connectivity index (χ3v) is 4.72. The van der Waals surface area contributed by atoms with Gasteiger partial charge in [-0.1, -0.05) is 6.07 Å². The Morgan fingerprint density at radius 2 is 2.04 bits per heavy atom. The van der Waals surface area contributed by atoms with Crippen LogP contribution in [0.25, 0.3) is 0 Å². The highest BCUT2D eigenvalue weighted by atomic mass is 32.1. The molecule has 1 aromatic heterocycles. The van der Waals surface area contributed by atoms with Gasteiger partial charge in [0, 0.05) is 17.2 Å². The maximum absolute atomic E-state index is 12.3. The summed E-state index contributed by atoms with van der Waals surface area (Å²) >= 11 is 0.990. The Morgan fingerprint density at radius 3 is 2.58 bits per heavy atom. The molecule has 0 spiro atoms. The van der Waals surface area contributed by atoms with E-state index in [2.05, 4.69) is 10.3 Å². The summed E-state index contributed by atoms with van der Waals surface area (Å²) in [4.78, 5) is 38.0. The summed E-state index contributed by atoms with van der Waals surface area (Å²) in [5, 5.41) is 23.1. The molecule has 0 aliphatic carbocycles. The Morgan fingerprint density at radius 1 is 1.38 bits per heavy atom. The van der Waals surface area contributed by atoms with Crippen molar-refractivity contribution in [2.45, 2.75) is 26.8 Å². The van der Waals surface area contributed by atoms with Crippen molar-refractivity contribution in [3.05, 3.63) is 55.0 Å². The van der Waals surface area contributed by atoms with E-state index in [9.17, 15) is 19.7 Å². The van der Waals surface area contributed by atoms with E-state index >= 15 is 0 Å². The number of hydrogen-bond donors (Lipinski definition) is 2. The monoisotopic (exact) mass is 349 g/mol. The SMILES string of the molecule is Cc1ccc(C(=O)NC(C)c2nc(C)c(C(=O)O)s2)cc1[N+](=O)[O-]. The van der Waals surface area contributed by atoms with Crippen LogP contribution in [0, 0.1) is 24.0 Å². The van der Waals surface area contributed by atoms with Crippen molar-refractivity contribution >= 4 is 28.9 Å². The molecule has 2 aromatic rings. The molecule has 9 heteroatoms. The van der Waals surface area contributed by atoms with E-state index in [4.69, 9.17) is 5.11 Å². The minimum atomic E-state index is -1.07. The molecule has 0 saturated heterocycles. The zero-order valence-corrected chi connectivity index (χ0v) is 14.0. The molecule has 1 aromatic carbocycles. The molecule has 0 saturated carbocycles. The quantitative estimate of drug-likeness (QED) is 0.632. The number of nitro groups is 1. The number of aromatic nitrogens is 1. The number of carboxylic acid groups (broad SMARTS) is 1. The average Bonchev–Trinajstić information content (AvgIpc) is 2.89.